The number of benzene rings is 2. The summed E-state index contributed by atoms with van der Waals surface area (Å²) < 4.78 is 0. The Balaban J connectivity index is 1.81. The van der Waals surface area contributed by atoms with E-state index in [-0.39, 0.29) is 0 Å². The van der Waals surface area contributed by atoms with Crippen molar-refractivity contribution in [1.82, 2.24) is 10.2 Å². The summed E-state index contributed by atoms with van der Waals surface area (Å²) in [5, 5.41) is 10.8. The molecule has 1 aromatic heterocycles. The third-order valence-electron chi connectivity index (χ3n) is 4.40. The van der Waals surface area contributed by atoms with E-state index in [0.29, 0.717) is 5.15 Å². The molecule has 1 heterocycles. The fraction of sp³-hybridized carbons (Fsp3) is 0.222. The Morgan fingerprint density at radius 1 is 0.857 bits per heavy atom. The maximum absolute atomic E-state index is 6.14. The molecule has 4 rings (SSSR count). The number of halogens is 1. The van der Waals surface area contributed by atoms with Crippen LogP contribution in [-0.4, -0.2) is 10.2 Å². The average Bonchev–Trinajstić information content (AvgIpc) is 2.47. The van der Waals surface area contributed by atoms with E-state index >= 15 is 0 Å². The van der Waals surface area contributed by atoms with Gasteiger partial charge in [0.1, 0.15) is 5.69 Å². The van der Waals surface area contributed by atoms with Crippen molar-refractivity contribution in [3.05, 3.63) is 59.2 Å². The highest BCUT2D eigenvalue weighted by Gasteiger charge is 2.19. The second-order valence-electron chi connectivity index (χ2n) is 5.63. The van der Waals surface area contributed by atoms with Crippen molar-refractivity contribution < 1.29 is 0 Å². The normalized spacial score (nSPS) is 15.1. The van der Waals surface area contributed by atoms with Gasteiger partial charge in [-0.3, -0.25) is 0 Å². The van der Waals surface area contributed by atoms with Crippen molar-refractivity contribution in [2.75, 3.05) is 0 Å². The van der Waals surface area contributed by atoms with Crippen LogP contribution in [0.1, 0.15) is 30.7 Å². The second-order valence-corrected chi connectivity index (χ2v) is 5.99. The molecule has 1 fully saturated rings. The van der Waals surface area contributed by atoms with E-state index in [1.165, 1.54) is 24.8 Å². The predicted molar refractivity (Wildman–Crippen MR) is 86.6 cm³/mol. The van der Waals surface area contributed by atoms with Crippen LogP contribution in [-0.2, 0) is 0 Å². The van der Waals surface area contributed by atoms with Gasteiger partial charge in [0.25, 0.3) is 0 Å². The Morgan fingerprint density at radius 2 is 1.57 bits per heavy atom. The van der Waals surface area contributed by atoms with Gasteiger partial charge in [-0.25, -0.2) is 0 Å². The molecule has 2 aromatic carbocycles. The molecule has 21 heavy (non-hydrogen) atoms. The van der Waals surface area contributed by atoms with Crippen LogP contribution in [0.3, 0.4) is 0 Å². The van der Waals surface area contributed by atoms with Gasteiger partial charge in [-0.1, -0.05) is 66.6 Å². The van der Waals surface area contributed by atoms with Crippen LogP contribution in [0, 0.1) is 0 Å². The zero-order chi connectivity index (χ0) is 14.2. The van der Waals surface area contributed by atoms with Crippen molar-refractivity contribution in [3.63, 3.8) is 0 Å². The van der Waals surface area contributed by atoms with Crippen molar-refractivity contribution in [2.24, 2.45) is 0 Å². The van der Waals surface area contributed by atoms with Crippen molar-refractivity contribution in [2.45, 2.75) is 25.2 Å². The van der Waals surface area contributed by atoms with E-state index in [4.69, 9.17) is 11.6 Å². The second kappa shape index (κ2) is 5.12. The van der Waals surface area contributed by atoms with E-state index in [2.05, 4.69) is 34.5 Å². The summed E-state index contributed by atoms with van der Waals surface area (Å²) in [4.78, 5) is 0. The Hall–Kier alpha value is -1.93. The van der Waals surface area contributed by atoms with Gasteiger partial charge in [0.2, 0.25) is 0 Å². The van der Waals surface area contributed by atoms with Crippen molar-refractivity contribution in [1.29, 1.82) is 0 Å². The molecule has 0 bridgehead atoms. The average molecular weight is 295 g/mol. The molecular formula is C18H15ClN2. The first-order chi connectivity index (χ1) is 10.3. The molecule has 104 valence electrons. The SMILES string of the molecule is Clc1nnc(-c2ccc(C3CCC3)cc2)c2ccccc12. The Kier molecular flexibility index (Phi) is 3.12. The first-order valence-corrected chi connectivity index (χ1v) is 7.72. The molecule has 0 spiro atoms. The molecule has 2 nitrogen and oxygen atoms in total. The summed E-state index contributed by atoms with van der Waals surface area (Å²) in [6.45, 7) is 0. The van der Waals surface area contributed by atoms with Gasteiger partial charge in [0, 0.05) is 16.3 Å². The van der Waals surface area contributed by atoms with Crippen LogP contribution in [0.2, 0.25) is 5.15 Å². The first kappa shape index (κ1) is 12.8. The zero-order valence-electron chi connectivity index (χ0n) is 11.6. The standard InChI is InChI=1S/C18H15ClN2/c19-18-16-7-2-1-6-15(16)17(20-21-18)14-10-8-13(9-11-14)12-4-3-5-12/h1-2,6-12H,3-5H2. The van der Waals surface area contributed by atoms with Crippen LogP contribution in [0.4, 0.5) is 0 Å². The molecule has 0 unspecified atom stereocenters. The van der Waals surface area contributed by atoms with E-state index in [1.807, 2.05) is 24.3 Å². The van der Waals surface area contributed by atoms with Gasteiger partial charge in [-0.15, -0.1) is 10.2 Å². The van der Waals surface area contributed by atoms with Crippen molar-refractivity contribution in [3.8, 4) is 11.3 Å². The summed E-state index contributed by atoms with van der Waals surface area (Å²) in [5.74, 6) is 0.757. The number of hydrogen-bond donors (Lipinski definition) is 0. The third kappa shape index (κ3) is 2.20. The molecule has 0 saturated heterocycles. The lowest BCUT2D eigenvalue weighted by molar-refractivity contribution is 0.420. The Morgan fingerprint density at radius 3 is 2.24 bits per heavy atom. The van der Waals surface area contributed by atoms with E-state index in [9.17, 15) is 0 Å². The maximum atomic E-state index is 6.14. The largest absolute Gasteiger partial charge is 0.159 e. The molecule has 1 aliphatic carbocycles. The molecule has 0 atom stereocenters. The molecule has 0 radical (unpaired) electrons. The minimum Gasteiger partial charge on any atom is -0.148 e. The summed E-state index contributed by atoms with van der Waals surface area (Å²) in [6, 6.07) is 16.8. The maximum Gasteiger partial charge on any atom is 0.159 e. The molecule has 0 amide bonds. The van der Waals surface area contributed by atoms with Gasteiger partial charge in [0.15, 0.2) is 5.15 Å². The lowest BCUT2D eigenvalue weighted by Gasteiger charge is -2.25. The number of hydrogen-bond acceptors (Lipinski definition) is 2. The van der Waals surface area contributed by atoms with Crippen LogP contribution in [0.15, 0.2) is 48.5 Å². The fourth-order valence-electron chi connectivity index (χ4n) is 2.94. The molecular weight excluding hydrogens is 280 g/mol. The fourth-order valence-corrected chi connectivity index (χ4v) is 3.14. The molecule has 1 aliphatic rings. The summed E-state index contributed by atoms with van der Waals surface area (Å²) >= 11 is 6.14. The van der Waals surface area contributed by atoms with Crippen LogP contribution in [0.5, 0.6) is 0 Å². The van der Waals surface area contributed by atoms with Gasteiger partial charge in [-0.05, 0) is 24.3 Å². The van der Waals surface area contributed by atoms with Gasteiger partial charge in [-0.2, -0.15) is 0 Å². The van der Waals surface area contributed by atoms with Crippen molar-refractivity contribution >= 4 is 22.4 Å². The van der Waals surface area contributed by atoms with Gasteiger partial charge < -0.3 is 0 Å². The minimum absolute atomic E-state index is 0.459. The predicted octanol–water partition coefficient (Wildman–Crippen LogP) is 5.22. The number of rotatable bonds is 2. The summed E-state index contributed by atoms with van der Waals surface area (Å²) in [5.41, 5.74) is 3.44. The van der Waals surface area contributed by atoms with E-state index < -0.39 is 0 Å². The number of fused-ring (bicyclic) bond motifs is 1. The van der Waals surface area contributed by atoms with Crippen LogP contribution in [0.25, 0.3) is 22.0 Å². The summed E-state index contributed by atoms with van der Waals surface area (Å²) in [7, 11) is 0. The molecule has 3 aromatic rings. The third-order valence-corrected chi connectivity index (χ3v) is 4.68. The number of nitrogens with zero attached hydrogens (tertiary/aromatic N) is 2. The number of aromatic nitrogens is 2. The first-order valence-electron chi connectivity index (χ1n) is 7.34. The molecule has 3 heteroatoms. The Labute approximate surface area is 128 Å². The highest BCUT2D eigenvalue weighted by atomic mass is 35.5. The highest BCUT2D eigenvalue weighted by molar-refractivity contribution is 6.34. The molecule has 0 aliphatic heterocycles. The smallest absolute Gasteiger partial charge is 0.148 e. The van der Waals surface area contributed by atoms with E-state index in [1.54, 1.807) is 0 Å². The van der Waals surface area contributed by atoms with Gasteiger partial charge >= 0.3 is 0 Å². The monoisotopic (exact) mass is 294 g/mol. The molecule has 0 N–H and O–H groups in total. The lowest BCUT2D eigenvalue weighted by atomic mass is 9.80. The van der Waals surface area contributed by atoms with Crippen LogP contribution >= 0.6 is 11.6 Å². The van der Waals surface area contributed by atoms with E-state index in [0.717, 1.165) is 27.9 Å². The quantitative estimate of drug-likeness (QED) is 0.648. The molecule has 1 saturated carbocycles. The Bertz CT molecular complexity index is 792. The van der Waals surface area contributed by atoms with Gasteiger partial charge in [0.05, 0.1) is 0 Å². The minimum atomic E-state index is 0.459. The van der Waals surface area contributed by atoms with Crippen LogP contribution < -0.4 is 0 Å². The zero-order valence-corrected chi connectivity index (χ0v) is 12.3. The lowest BCUT2D eigenvalue weighted by Crippen LogP contribution is -2.08. The highest BCUT2D eigenvalue weighted by Crippen LogP contribution is 2.37. The topological polar surface area (TPSA) is 25.8 Å². The summed E-state index contributed by atoms with van der Waals surface area (Å²) in [6.07, 6.45) is 4.01.